The van der Waals surface area contributed by atoms with Gasteiger partial charge in [0.15, 0.2) is 0 Å². The van der Waals surface area contributed by atoms with Gasteiger partial charge < -0.3 is 4.98 Å². The van der Waals surface area contributed by atoms with Crippen molar-refractivity contribution in [3.63, 3.8) is 0 Å². The van der Waals surface area contributed by atoms with Gasteiger partial charge in [-0.15, -0.1) is 0 Å². The quantitative estimate of drug-likeness (QED) is 0.581. The number of para-hydroxylation sites is 2. The second-order valence-corrected chi connectivity index (χ2v) is 6.09. The molecule has 1 aromatic heterocycles. The first-order valence-electron chi connectivity index (χ1n) is 8.35. The summed E-state index contributed by atoms with van der Waals surface area (Å²) in [5.74, 6) is 1.02. The van der Waals surface area contributed by atoms with Crippen LogP contribution in [-0.2, 0) is 12.8 Å². The number of aryl methyl sites for hydroxylation is 2. The summed E-state index contributed by atoms with van der Waals surface area (Å²) in [6, 6.07) is 26.5. The van der Waals surface area contributed by atoms with E-state index < -0.39 is 0 Å². The van der Waals surface area contributed by atoms with Gasteiger partial charge in [-0.2, -0.15) is 5.26 Å². The van der Waals surface area contributed by atoms with Crippen LogP contribution in [0, 0.1) is 11.3 Å². The van der Waals surface area contributed by atoms with Crippen molar-refractivity contribution < 1.29 is 0 Å². The molecular formula is C22H17N3. The predicted octanol–water partition coefficient (Wildman–Crippen LogP) is 4.89. The monoisotopic (exact) mass is 323 g/mol. The third kappa shape index (κ3) is 3.29. The number of hydrogen-bond donors (Lipinski definition) is 1. The summed E-state index contributed by atoms with van der Waals surface area (Å²) in [6.45, 7) is 0. The van der Waals surface area contributed by atoms with Crippen LogP contribution in [0.5, 0.6) is 0 Å². The van der Waals surface area contributed by atoms with Gasteiger partial charge >= 0.3 is 0 Å². The van der Waals surface area contributed by atoms with E-state index in [2.05, 4.69) is 46.4 Å². The van der Waals surface area contributed by atoms with E-state index in [1.54, 1.807) is 0 Å². The first kappa shape index (κ1) is 15.2. The van der Waals surface area contributed by atoms with Crippen LogP contribution < -0.4 is 0 Å². The lowest BCUT2D eigenvalue weighted by molar-refractivity contribution is 0.890. The largest absolute Gasteiger partial charge is 0.342 e. The number of nitrogens with one attached hydrogen (secondary N) is 1. The predicted molar refractivity (Wildman–Crippen MR) is 100 cm³/mol. The summed E-state index contributed by atoms with van der Waals surface area (Å²) >= 11 is 0. The molecule has 0 spiro atoms. The lowest BCUT2D eigenvalue weighted by Crippen LogP contribution is -1.93. The van der Waals surface area contributed by atoms with Crippen molar-refractivity contribution in [1.82, 2.24) is 9.97 Å². The Balaban J connectivity index is 1.47. The van der Waals surface area contributed by atoms with E-state index in [9.17, 15) is 0 Å². The number of rotatable bonds is 4. The lowest BCUT2D eigenvalue weighted by Gasteiger charge is -2.04. The zero-order valence-corrected chi connectivity index (χ0v) is 13.7. The molecule has 0 aliphatic heterocycles. The second kappa shape index (κ2) is 6.62. The molecule has 25 heavy (non-hydrogen) atoms. The Labute approximate surface area is 146 Å². The van der Waals surface area contributed by atoms with Gasteiger partial charge in [0.05, 0.1) is 22.7 Å². The summed E-state index contributed by atoms with van der Waals surface area (Å²) in [4.78, 5) is 8.00. The molecule has 120 valence electrons. The Morgan fingerprint density at radius 1 is 0.840 bits per heavy atom. The van der Waals surface area contributed by atoms with Gasteiger partial charge in [0, 0.05) is 6.42 Å². The van der Waals surface area contributed by atoms with Crippen LogP contribution in [0.3, 0.4) is 0 Å². The molecular weight excluding hydrogens is 306 g/mol. The van der Waals surface area contributed by atoms with Gasteiger partial charge in [0.2, 0.25) is 0 Å². The number of fused-ring (bicyclic) bond motifs is 1. The number of H-pyrrole nitrogens is 1. The van der Waals surface area contributed by atoms with E-state index in [-0.39, 0.29) is 0 Å². The van der Waals surface area contributed by atoms with Gasteiger partial charge in [0.1, 0.15) is 5.82 Å². The third-order valence-corrected chi connectivity index (χ3v) is 4.37. The summed E-state index contributed by atoms with van der Waals surface area (Å²) in [6.07, 6.45) is 1.83. The average molecular weight is 323 g/mol. The smallest absolute Gasteiger partial charge is 0.107 e. The molecule has 0 aliphatic rings. The van der Waals surface area contributed by atoms with Crippen molar-refractivity contribution >= 4 is 11.0 Å². The number of imidazole rings is 1. The minimum absolute atomic E-state index is 0.687. The molecule has 0 atom stereocenters. The molecule has 0 unspecified atom stereocenters. The topological polar surface area (TPSA) is 52.5 Å². The zero-order valence-electron chi connectivity index (χ0n) is 13.7. The molecule has 3 nitrogen and oxygen atoms in total. The van der Waals surface area contributed by atoms with Crippen molar-refractivity contribution in [2.45, 2.75) is 12.8 Å². The Bertz CT molecular complexity index is 1020. The first-order valence-corrected chi connectivity index (χ1v) is 8.35. The van der Waals surface area contributed by atoms with Crippen LogP contribution in [0.1, 0.15) is 17.0 Å². The van der Waals surface area contributed by atoms with Crippen molar-refractivity contribution in [1.29, 1.82) is 5.26 Å². The summed E-state index contributed by atoms with van der Waals surface area (Å²) in [5.41, 5.74) is 6.27. The minimum Gasteiger partial charge on any atom is -0.342 e. The highest BCUT2D eigenvalue weighted by atomic mass is 14.9. The van der Waals surface area contributed by atoms with Crippen LogP contribution in [-0.4, -0.2) is 9.97 Å². The van der Waals surface area contributed by atoms with Crippen molar-refractivity contribution in [2.75, 3.05) is 0 Å². The normalized spacial score (nSPS) is 10.7. The highest BCUT2D eigenvalue weighted by Crippen LogP contribution is 2.21. The number of hydrogen-bond acceptors (Lipinski definition) is 2. The van der Waals surface area contributed by atoms with E-state index in [1.165, 1.54) is 5.56 Å². The van der Waals surface area contributed by atoms with E-state index >= 15 is 0 Å². The molecule has 4 rings (SSSR count). The highest BCUT2D eigenvalue weighted by Gasteiger charge is 2.04. The molecule has 1 N–H and O–H groups in total. The molecule has 3 heteroatoms. The molecule has 0 saturated heterocycles. The van der Waals surface area contributed by atoms with E-state index in [0.717, 1.165) is 40.8 Å². The maximum absolute atomic E-state index is 9.02. The maximum atomic E-state index is 9.02. The van der Waals surface area contributed by atoms with E-state index in [4.69, 9.17) is 5.26 Å². The van der Waals surface area contributed by atoms with E-state index in [0.29, 0.717) is 5.56 Å². The fraction of sp³-hybridized carbons (Fsp3) is 0.0909. The Morgan fingerprint density at radius 3 is 2.48 bits per heavy atom. The molecule has 0 bridgehead atoms. The number of nitrogens with zero attached hydrogens (tertiary/aromatic N) is 2. The van der Waals surface area contributed by atoms with Crippen LogP contribution in [0.25, 0.3) is 22.2 Å². The molecule has 1 heterocycles. The van der Waals surface area contributed by atoms with Crippen molar-refractivity contribution in [3.8, 4) is 17.2 Å². The fourth-order valence-electron chi connectivity index (χ4n) is 3.02. The summed E-state index contributed by atoms with van der Waals surface area (Å²) in [5, 5.41) is 9.02. The molecule has 0 fully saturated rings. The van der Waals surface area contributed by atoms with Gasteiger partial charge in [-0.3, -0.25) is 0 Å². The zero-order chi connectivity index (χ0) is 17.1. The van der Waals surface area contributed by atoms with Gasteiger partial charge in [0.25, 0.3) is 0 Å². The Kier molecular flexibility index (Phi) is 4.02. The van der Waals surface area contributed by atoms with Crippen LogP contribution in [0.2, 0.25) is 0 Å². The van der Waals surface area contributed by atoms with Crippen molar-refractivity contribution in [2.24, 2.45) is 0 Å². The van der Waals surface area contributed by atoms with E-state index in [1.807, 2.05) is 42.5 Å². The first-order chi connectivity index (χ1) is 12.3. The fourth-order valence-corrected chi connectivity index (χ4v) is 3.02. The number of aromatic amines is 1. The summed E-state index contributed by atoms with van der Waals surface area (Å²) < 4.78 is 0. The second-order valence-electron chi connectivity index (χ2n) is 6.09. The van der Waals surface area contributed by atoms with Gasteiger partial charge in [-0.1, -0.05) is 48.5 Å². The molecule has 0 aliphatic carbocycles. The maximum Gasteiger partial charge on any atom is 0.107 e. The van der Waals surface area contributed by atoms with Crippen molar-refractivity contribution in [3.05, 3.63) is 89.7 Å². The standard InChI is InChI=1S/C22H17N3/c23-15-17-4-3-5-19(14-17)18-11-8-16(9-12-18)10-13-22-24-20-6-1-2-7-21(20)25-22/h1-9,11-12,14H,10,13H2,(H,24,25). The van der Waals surface area contributed by atoms with Gasteiger partial charge in [-0.05, 0) is 47.4 Å². The number of aromatic nitrogens is 2. The number of nitriles is 1. The average Bonchev–Trinajstić information content (AvgIpc) is 3.10. The lowest BCUT2D eigenvalue weighted by atomic mass is 10.0. The third-order valence-electron chi connectivity index (χ3n) is 4.37. The SMILES string of the molecule is N#Cc1cccc(-c2ccc(CCc3nc4ccccc4[nH]3)cc2)c1. The molecule has 3 aromatic carbocycles. The highest BCUT2D eigenvalue weighted by molar-refractivity contribution is 5.74. The molecule has 4 aromatic rings. The number of benzene rings is 3. The molecule has 0 amide bonds. The molecule has 0 saturated carbocycles. The minimum atomic E-state index is 0.687. The Hall–Kier alpha value is -3.38. The van der Waals surface area contributed by atoms with Gasteiger partial charge in [-0.25, -0.2) is 4.98 Å². The van der Waals surface area contributed by atoms with Crippen LogP contribution in [0.15, 0.2) is 72.8 Å². The van der Waals surface area contributed by atoms with Crippen LogP contribution in [0.4, 0.5) is 0 Å². The van der Waals surface area contributed by atoms with Crippen LogP contribution >= 0.6 is 0 Å². The molecule has 0 radical (unpaired) electrons. The Morgan fingerprint density at radius 2 is 1.68 bits per heavy atom. The summed E-state index contributed by atoms with van der Waals surface area (Å²) in [7, 11) is 0.